The molecule has 0 saturated heterocycles. The van der Waals surface area contributed by atoms with Crippen LogP contribution in [0.1, 0.15) is 37.3 Å². The number of anilines is 1. The Hall–Kier alpha value is -1.02. The van der Waals surface area contributed by atoms with Crippen LogP contribution in [0.3, 0.4) is 0 Å². The molecule has 1 aliphatic heterocycles. The van der Waals surface area contributed by atoms with Gasteiger partial charge in [0.25, 0.3) is 0 Å². The van der Waals surface area contributed by atoms with Crippen LogP contribution in [0.15, 0.2) is 18.2 Å². The SMILES string of the molecule is CCNCCCCc1ccc2c(c1)CCCN2C. The number of benzene rings is 1. The van der Waals surface area contributed by atoms with Crippen LogP contribution in [0.5, 0.6) is 0 Å². The van der Waals surface area contributed by atoms with E-state index in [-0.39, 0.29) is 0 Å². The maximum atomic E-state index is 3.38. The van der Waals surface area contributed by atoms with Crippen molar-refractivity contribution in [2.45, 2.75) is 39.0 Å². The predicted molar refractivity (Wildman–Crippen MR) is 79.5 cm³/mol. The summed E-state index contributed by atoms with van der Waals surface area (Å²) in [5.74, 6) is 0. The van der Waals surface area contributed by atoms with E-state index in [1.54, 1.807) is 5.56 Å². The van der Waals surface area contributed by atoms with Gasteiger partial charge < -0.3 is 10.2 Å². The van der Waals surface area contributed by atoms with Crippen LogP contribution in [0, 0.1) is 0 Å². The first kappa shape index (κ1) is 13.4. The first-order valence-corrected chi connectivity index (χ1v) is 7.35. The van der Waals surface area contributed by atoms with Crippen LogP contribution in [-0.2, 0) is 12.8 Å². The molecule has 0 radical (unpaired) electrons. The molecule has 18 heavy (non-hydrogen) atoms. The predicted octanol–water partition coefficient (Wildman–Crippen LogP) is 3.00. The van der Waals surface area contributed by atoms with E-state index in [9.17, 15) is 0 Å². The standard InChI is InChI=1S/C16H26N2/c1-3-17-11-5-4-7-14-9-10-16-15(13-14)8-6-12-18(16)2/h9-10,13,17H,3-8,11-12H2,1-2H3. The second-order valence-electron chi connectivity index (χ2n) is 5.30. The molecule has 0 unspecified atom stereocenters. The topological polar surface area (TPSA) is 15.3 Å². The second kappa shape index (κ2) is 6.79. The number of nitrogens with zero attached hydrogens (tertiary/aromatic N) is 1. The van der Waals surface area contributed by atoms with Gasteiger partial charge >= 0.3 is 0 Å². The third kappa shape index (κ3) is 3.49. The molecule has 2 heteroatoms. The maximum Gasteiger partial charge on any atom is 0.0396 e. The van der Waals surface area contributed by atoms with Crippen molar-refractivity contribution in [2.75, 3.05) is 31.6 Å². The first-order valence-electron chi connectivity index (χ1n) is 7.35. The molecule has 1 aliphatic rings. The monoisotopic (exact) mass is 246 g/mol. The van der Waals surface area contributed by atoms with Gasteiger partial charge in [-0.2, -0.15) is 0 Å². The summed E-state index contributed by atoms with van der Waals surface area (Å²) in [6.45, 7) is 5.62. The molecule has 0 saturated carbocycles. The molecule has 0 fully saturated rings. The third-order valence-electron chi connectivity index (χ3n) is 3.81. The summed E-state index contributed by atoms with van der Waals surface area (Å²) in [6.07, 6.45) is 6.35. The van der Waals surface area contributed by atoms with Crippen molar-refractivity contribution in [1.29, 1.82) is 0 Å². The average Bonchev–Trinajstić information content (AvgIpc) is 2.39. The molecule has 2 rings (SSSR count). The first-order chi connectivity index (χ1) is 8.81. The molecule has 100 valence electrons. The summed E-state index contributed by atoms with van der Waals surface area (Å²) < 4.78 is 0. The maximum absolute atomic E-state index is 3.38. The van der Waals surface area contributed by atoms with Gasteiger partial charge in [0.05, 0.1) is 0 Å². The van der Waals surface area contributed by atoms with E-state index in [1.165, 1.54) is 49.9 Å². The number of hydrogen-bond acceptors (Lipinski definition) is 2. The molecular weight excluding hydrogens is 220 g/mol. The number of fused-ring (bicyclic) bond motifs is 1. The molecule has 2 nitrogen and oxygen atoms in total. The van der Waals surface area contributed by atoms with E-state index < -0.39 is 0 Å². The van der Waals surface area contributed by atoms with Crippen LogP contribution >= 0.6 is 0 Å². The zero-order valence-corrected chi connectivity index (χ0v) is 11.8. The Labute approximate surface area is 111 Å². The summed E-state index contributed by atoms with van der Waals surface area (Å²) in [6, 6.07) is 7.06. The Balaban J connectivity index is 1.87. The van der Waals surface area contributed by atoms with Gasteiger partial charge in [0, 0.05) is 19.3 Å². The normalized spacial score (nSPS) is 14.7. The zero-order chi connectivity index (χ0) is 12.8. The fourth-order valence-corrected chi connectivity index (χ4v) is 2.75. The average molecular weight is 246 g/mol. The Kier molecular flexibility index (Phi) is 5.06. The van der Waals surface area contributed by atoms with Gasteiger partial charge in [-0.05, 0) is 62.4 Å². The van der Waals surface area contributed by atoms with Gasteiger partial charge in [-0.15, -0.1) is 0 Å². The van der Waals surface area contributed by atoms with Crippen molar-refractivity contribution in [1.82, 2.24) is 5.32 Å². The number of hydrogen-bond donors (Lipinski definition) is 1. The van der Waals surface area contributed by atoms with Gasteiger partial charge in [0.2, 0.25) is 0 Å². The Morgan fingerprint density at radius 2 is 2.17 bits per heavy atom. The Morgan fingerprint density at radius 1 is 1.28 bits per heavy atom. The molecule has 0 atom stereocenters. The summed E-state index contributed by atoms with van der Waals surface area (Å²) >= 11 is 0. The van der Waals surface area contributed by atoms with Gasteiger partial charge in [0.1, 0.15) is 0 Å². The van der Waals surface area contributed by atoms with Crippen molar-refractivity contribution in [3.8, 4) is 0 Å². The minimum Gasteiger partial charge on any atom is -0.374 e. The Morgan fingerprint density at radius 3 is 3.00 bits per heavy atom. The highest BCUT2D eigenvalue weighted by atomic mass is 15.1. The van der Waals surface area contributed by atoms with Crippen LogP contribution < -0.4 is 10.2 Å². The summed E-state index contributed by atoms with van der Waals surface area (Å²) in [4.78, 5) is 2.38. The van der Waals surface area contributed by atoms with Crippen LogP contribution in [0.2, 0.25) is 0 Å². The van der Waals surface area contributed by atoms with Crippen molar-refractivity contribution in [3.63, 3.8) is 0 Å². The molecule has 0 aliphatic carbocycles. The number of rotatable bonds is 6. The smallest absolute Gasteiger partial charge is 0.0396 e. The lowest BCUT2D eigenvalue weighted by Gasteiger charge is -2.27. The molecule has 0 spiro atoms. The molecule has 1 aromatic rings. The molecule has 0 amide bonds. The van der Waals surface area contributed by atoms with E-state index in [0.29, 0.717) is 0 Å². The number of unbranched alkanes of at least 4 members (excludes halogenated alkanes) is 1. The van der Waals surface area contributed by atoms with E-state index in [2.05, 4.69) is 42.4 Å². The fraction of sp³-hybridized carbons (Fsp3) is 0.625. The third-order valence-corrected chi connectivity index (χ3v) is 3.81. The van der Waals surface area contributed by atoms with E-state index in [0.717, 1.165) is 13.1 Å². The highest BCUT2D eigenvalue weighted by Gasteiger charge is 2.13. The fourth-order valence-electron chi connectivity index (χ4n) is 2.75. The zero-order valence-electron chi connectivity index (χ0n) is 11.8. The molecule has 1 N–H and O–H groups in total. The Bertz CT molecular complexity index is 373. The van der Waals surface area contributed by atoms with Crippen molar-refractivity contribution in [2.24, 2.45) is 0 Å². The van der Waals surface area contributed by atoms with Gasteiger partial charge in [-0.3, -0.25) is 0 Å². The minimum atomic E-state index is 1.09. The van der Waals surface area contributed by atoms with Gasteiger partial charge in [-0.1, -0.05) is 19.1 Å². The van der Waals surface area contributed by atoms with Crippen LogP contribution in [0.25, 0.3) is 0 Å². The lowest BCUT2D eigenvalue weighted by molar-refractivity contribution is 0.640. The van der Waals surface area contributed by atoms with Gasteiger partial charge in [0.15, 0.2) is 0 Å². The van der Waals surface area contributed by atoms with Gasteiger partial charge in [-0.25, -0.2) is 0 Å². The number of nitrogens with one attached hydrogen (secondary N) is 1. The van der Waals surface area contributed by atoms with Crippen LogP contribution in [-0.4, -0.2) is 26.7 Å². The molecule has 0 aromatic heterocycles. The highest BCUT2D eigenvalue weighted by molar-refractivity contribution is 5.56. The minimum absolute atomic E-state index is 1.09. The molecule has 1 aromatic carbocycles. The number of aryl methyl sites for hydroxylation is 2. The van der Waals surface area contributed by atoms with Crippen molar-refractivity contribution < 1.29 is 0 Å². The van der Waals surface area contributed by atoms with E-state index in [4.69, 9.17) is 0 Å². The summed E-state index contributed by atoms with van der Waals surface area (Å²) in [7, 11) is 2.20. The van der Waals surface area contributed by atoms with Crippen molar-refractivity contribution >= 4 is 5.69 Å². The van der Waals surface area contributed by atoms with Crippen LogP contribution in [0.4, 0.5) is 5.69 Å². The lowest BCUT2D eigenvalue weighted by Crippen LogP contribution is -2.24. The highest BCUT2D eigenvalue weighted by Crippen LogP contribution is 2.27. The van der Waals surface area contributed by atoms with E-state index in [1.807, 2.05) is 0 Å². The largest absolute Gasteiger partial charge is 0.374 e. The molecular formula is C16H26N2. The summed E-state index contributed by atoms with van der Waals surface area (Å²) in [5.41, 5.74) is 4.51. The second-order valence-corrected chi connectivity index (χ2v) is 5.30. The lowest BCUT2D eigenvalue weighted by atomic mass is 9.97. The quantitative estimate of drug-likeness (QED) is 0.776. The van der Waals surface area contributed by atoms with Crippen molar-refractivity contribution in [3.05, 3.63) is 29.3 Å². The molecule has 0 bridgehead atoms. The van der Waals surface area contributed by atoms with E-state index >= 15 is 0 Å². The molecule has 1 heterocycles. The summed E-state index contributed by atoms with van der Waals surface area (Å²) in [5, 5.41) is 3.38.